The maximum Gasteiger partial charge on any atom is 0.170 e. The summed E-state index contributed by atoms with van der Waals surface area (Å²) < 4.78 is 0. The summed E-state index contributed by atoms with van der Waals surface area (Å²) in [6.07, 6.45) is 1.00. The lowest BCUT2D eigenvalue weighted by atomic mass is 9.99. The average Bonchev–Trinajstić information content (AvgIpc) is 2.36. The van der Waals surface area contributed by atoms with Gasteiger partial charge in [0.05, 0.1) is 10.7 Å². The van der Waals surface area contributed by atoms with E-state index in [1.165, 1.54) is 0 Å². The summed E-state index contributed by atoms with van der Waals surface area (Å²) >= 11 is 6.25. The fourth-order valence-electron chi connectivity index (χ4n) is 1.56. The first kappa shape index (κ1) is 14.6. The molecule has 0 heterocycles. The molecular formula is C13H20ClN3O. The predicted molar refractivity (Wildman–Crippen MR) is 76.7 cm³/mol. The highest BCUT2D eigenvalue weighted by Gasteiger charge is 2.23. The van der Waals surface area contributed by atoms with Gasteiger partial charge in [-0.2, -0.15) is 0 Å². The molecule has 1 rings (SSSR count). The minimum absolute atomic E-state index is 0.0156. The standard InChI is InChI=1S/C13H20ClN3O/c1-5-13(2,3)17(4)11-7-6-9(8-10(11)14)12(15)16-18/h6-8,18H,5H2,1-4H3,(H2,15,16). The van der Waals surface area contributed by atoms with Crippen molar-refractivity contribution in [2.45, 2.75) is 32.7 Å². The topological polar surface area (TPSA) is 61.8 Å². The van der Waals surface area contributed by atoms with Gasteiger partial charge in [-0.3, -0.25) is 0 Å². The molecular weight excluding hydrogens is 250 g/mol. The van der Waals surface area contributed by atoms with Crippen LogP contribution in [0, 0.1) is 0 Å². The zero-order valence-electron chi connectivity index (χ0n) is 11.2. The van der Waals surface area contributed by atoms with Gasteiger partial charge in [0.2, 0.25) is 0 Å². The molecule has 100 valence electrons. The monoisotopic (exact) mass is 269 g/mol. The summed E-state index contributed by atoms with van der Waals surface area (Å²) in [7, 11) is 2.01. The van der Waals surface area contributed by atoms with Crippen LogP contribution in [0.25, 0.3) is 0 Å². The Balaban J connectivity index is 3.14. The zero-order valence-corrected chi connectivity index (χ0v) is 12.0. The van der Waals surface area contributed by atoms with E-state index in [1.54, 1.807) is 12.1 Å². The van der Waals surface area contributed by atoms with E-state index in [0.717, 1.165) is 12.1 Å². The second-order valence-electron chi connectivity index (χ2n) is 4.88. The molecule has 0 bridgehead atoms. The van der Waals surface area contributed by atoms with Gasteiger partial charge in [-0.1, -0.05) is 23.7 Å². The largest absolute Gasteiger partial charge is 0.409 e. The molecule has 1 aromatic rings. The maximum absolute atomic E-state index is 8.63. The van der Waals surface area contributed by atoms with Crippen LogP contribution in [-0.2, 0) is 0 Å². The molecule has 0 saturated heterocycles. The summed E-state index contributed by atoms with van der Waals surface area (Å²) in [6.45, 7) is 6.44. The van der Waals surface area contributed by atoms with Gasteiger partial charge in [0.15, 0.2) is 5.84 Å². The van der Waals surface area contributed by atoms with E-state index in [0.29, 0.717) is 10.6 Å². The van der Waals surface area contributed by atoms with Crippen LogP contribution in [0.15, 0.2) is 23.4 Å². The van der Waals surface area contributed by atoms with E-state index in [2.05, 4.69) is 30.8 Å². The molecule has 0 aliphatic rings. The van der Waals surface area contributed by atoms with E-state index < -0.39 is 0 Å². The van der Waals surface area contributed by atoms with Crippen LogP contribution >= 0.6 is 11.6 Å². The first-order chi connectivity index (χ1) is 8.33. The molecule has 0 atom stereocenters. The van der Waals surface area contributed by atoms with E-state index in [1.807, 2.05) is 13.1 Å². The third kappa shape index (κ3) is 2.88. The van der Waals surface area contributed by atoms with Crippen molar-refractivity contribution in [3.8, 4) is 0 Å². The Morgan fingerprint density at radius 1 is 1.50 bits per heavy atom. The van der Waals surface area contributed by atoms with Crippen LogP contribution in [0.3, 0.4) is 0 Å². The number of halogens is 1. The van der Waals surface area contributed by atoms with Crippen molar-refractivity contribution in [2.24, 2.45) is 10.9 Å². The molecule has 0 aliphatic heterocycles. The number of rotatable bonds is 4. The Kier molecular flexibility index (Phi) is 4.46. The number of hydrogen-bond donors (Lipinski definition) is 2. The van der Waals surface area contributed by atoms with Gasteiger partial charge < -0.3 is 15.8 Å². The lowest BCUT2D eigenvalue weighted by Gasteiger charge is -2.37. The normalized spacial score (nSPS) is 12.6. The second-order valence-corrected chi connectivity index (χ2v) is 5.28. The van der Waals surface area contributed by atoms with Crippen LogP contribution < -0.4 is 10.6 Å². The molecule has 0 saturated carbocycles. The number of amidine groups is 1. The number of anilines is 1. The highest BCUT2D eigenvalue weighted by Crippen LogP contribution is 2.31. The highest BCUT2D eigenvalue weighted by atomic mass is 35.5. The van der Waals surface area contributed by atoms with Crippen LogP contribution in [0.2, 0.25) is 5.02 Å². The molecule has 0 aliphatic carbocycles. The lowest BCUT2D eigenvalue weighted by molar-refractivity contribution is 0.318. The lowest BCUT2D eigenvalue weighted by Crippen LogP contribution is -2.40. The van der Waals surface area contributed by atoms with Crippen molar-refractivity contribution in [3.05, 3.63) is 28.8 Å². The van der Waals surface area contributed by atoms with Gasteiger partial charge in [-0.15, -0.1) is 0 Å². The van der Waals surface area contributed by atoms with Crippen molar-refractivity contribution < 1.29 is 5.21 Å². The molecule has 0 radical (unpaired) electrons. The van der Waals surface area contributed by atoms with E-state index in [4.69, 9.17) is 22.5 Å². The average molecular weight is 270 g/mol. The summed E-state index contributed by atoms with van der Waals surface area (Å²) in [4.78, 5) is 2.13. The first-order valence-electron chi connectivity index (χ1n) is 5.84. The molecule has 0 spiro atoms. The highest BCUT2D eigenvalue weighted by molar-refractivity contribution is 6.33. The van der Waals surface area contributed by atoms with Crippen molar-refractivity contribution in [1.82, 2.24) is 0 Å². The summed E-state index contributed by atoms with van der Waals surface area (Å²) in [5.41, 5.74) is 7.08. The van der Waals surface area contributed by atoms with Crippen LogP contribution in [0.1, 0.15) is 32.8 Å². The van der Waals surface area contributed by atoms with Gasteiger partial charge in [-0.25, -0.2) is 0 Å². The number of oxime groups is 1. The zero-order chi connectivity index (χ0) is 13.9. The predicted octanol–water partition coefficient (Wildman–Crippen LogP) is 3.06. The third-order valence-electron chi connectivity index (χ3n) is 3.49. The van der Waals surface area contributed by atoms with Gasteiger partial charge in [0.1, 0.15) is 0 Å². The number of benzene rings is 1. The molecule has 5 heteroatoms. The van der Waals surface area contributed by atoms with Crippen LogP contribution in [-0.4, -0.2) is 23.6 Å². The van der Waals surface area contributed by atoms with E-state index in [-0.39, 0.29) is 11.4 Å². The Hall–Kier alpha value is -1.42. The molecule has 0 aromatic heterocycles. The quantitative estimate of drug-likeness (QED) is 0.382. The Morgan fingerprint density at radius 3 is 2.56 bits per heavy atom. The number of nitrogens with two attached hydrogens (primary N) is 1. The molecule has 4 nitrogen and oxygen atoms in total. The number of hydrogen-bond acceptors (Lipinski definition) is 3. The fourth-order valence-corrected chi connectivity index (χ4v) is 1.87. The molecule has 1 aromatic carbocycles. The van der Waals surface area contributed by atoms with Crippen molar-refractivity contribution in [2.75, 3.05) is 11.9 Å². The van der Waals surface area contributed by atoms with Crippen molar-refractivity contribution >= 4 is 23.1 Å². The van der Waals surface area contributed by atoms with Gasteiger partial charge in [0.25, 0.3) is 0 Å². The molecule has 0 unspecified atom stereocenters. The number of nitrogens with zero attached hydrogens (tertiary/aromatic N) is 2. The Labute approximate surface area is 113 Å². The summed E-state index contributed by atoms with van der Waals surface area (Å²) in [5.74, 6) is 0.0563. The smallest absolute Gasteiger partial charge is 0.170 e. The Bertz CT molecular complexity index is 458. The molecule has 18 heavy (non-hydrogen) atoms. The molecule has 0 fully saturated rings. The van der Waals surface area contributed by atoms with Crippen molar-refractivity contribution in [3.63, 3.8) is 0 Å². The Morgan fingerprint density at radius 2 is 2.11 bits per heavy atom. The SMILES string of the molecule is CCC(C)(C)N(C)c1ccc(C(N)=NO)cc1Cl. The fraction of sp³-hybridized carbons (Fsp3) is 0.462. The summed E-state index contributed by atoms with van der Waals surface area (Å²) in [6, 6.07) is 5.37. The maximum atomic E-state index is 8.63. The molecule has 3 N–H and O–H groups in total. The van der Waals surface area contributed by atoms with Crippen molar-refractivity contribution in [1.29, 1.82) is 0 Å². The van der Waals surface area contributed by atoms with Crippen LogP contribution in [0.5, 0.6) is 0 Å². The van der Waals surface area contributed by atoms with Gasteiger partial charge in [0, 0.05) is 18.2 Å². The second kappa shape index (κ2) is 5.48. The van der Waals surface area contributed by atoms with E-state index >= 15 is 0 Å². The van der Waals surface area contributed by atoms with Crippen LogP contribution in [0.4, 0.5) is 5.69 Å². The van der Waals surface area contributed by atoms with Gasteiger partial charge >= 0.3 is 0 Å². The van der Waals surface area contributed by atoms with E-state index in [9.17, 15) is 0 Å². The molecule has 0 amide bonds. The van der Waals surface area contributed by atoms with Gasteiger partial charge in [-0.05, 0) is 38.5 Å². The third-order valence-corrected chi connectivity index (χ3v) is 3.79. The minimum Gasteiger partial charge on any atom is -0.409 e. The first-order valence-corrected chi connectivity index (χ1v) is 6.22. The minimum atomic E-state index is 0.0156. The summed E-state index contributed by atoms with van der Waals surface area (Å²) in [5, 5.41) is 12.2.